The number of aromatic nitrogens is 3. The molecule has 0 unspecified atom stereocenters. The van der Waals surface area contributed by atoms with Gasteiger partial charge in [0.25, 0.3) is 0 Å². The van der Waals surface area contributed by atoms with Crippen molar-refractivity contribution in [1.29, 1.82) is 0 Å². The number of hydrogen-bond donors (Lipinski definition) is 3. The molecule has 1 aromatic carbocycles. The van der Waals surface area contributed by atoms with Gasteiger partial charge in [-0.3, -0.25) is 10.9 Å². The first kappa shape index (κ1) is 7.19. The van der Waals surface area contributed by atoms with Crippen LogP contribution in [0.25, 0.3) is 5.69 Å². The van der Waals surface area contributed by atoms with Crippen molar-refractivity contribution in [1.82, 2.24) is 14.8 Å². The minimum Gasteiger partial charge on any atom is -0.296 e. The van der Waals surface area contributed by atoms with Crippen LogP contribution in [-0.2, 0) is 0 Å². The van der Waals surface area contributed by atoms with E-state index in [0.29, 0.717) is 5.95 Å². The molecule has 3 rings (SSSR count). The van der Waals surface area contributed by atoms with Gasteiger partial charge in [-0.2, -0.15) is 0 Å². The fourth-order valence-electron chi connectivity index (χ4n) is 1.50. The highest BCUT2D eigenvalue weighted by molar-refractivity contribution is 5.67. The van der Waals surface area contributed by atoms with Gasteiger partial charge < -0.3 is 0 Å². The van der Waals surface area contributed by atoms with Crippen LogP contribution in [0.3, 0.4) is 0 Å². The molecule has 0 fully saturated rings. The third-order valence-electron chi connectivity index (χ3n) is 2.13. The van der Waals surface area contributed by atoms with Crippen molar-refractivity contribution in [2.45, 2.75) is 0 Å². The number of H-pyrrole nitrogens is 1. The van der Waals surface area contributed by atoms with Crippen molar-refractivity contribution in [3.8, 4) is 5.69 Å². The first-order valence-electron chi connectivity index (χ1n) is 4.15. The molecule has 0 atom stereocenters. The summed E-state index contributed by atoms with van der Waals surface area (Å²) in [4.78, 5) is 11.4. The quantitative estimate of drug-likeness (QED) is 0.557. The van der Waals surface area contributed by atoms with Crippen LogP contribution >= 0.6 is 0 Å². The second-order valence-electron chi connectivity index (χ2n) is 2.95. The predicted octanol–water partition coefficient (Wildman–Crippen LogP) is 0.313. The van der Waals surface area contributed by atoms with Crippen LogP contribution in [0.5, 0.6) is 0 Å². The Bertz CT molecular complexity index is 541. The standard InChI is InChI=1S/C8H7N5O/c14-8-12-11-7-10-9-5-3-1-2-4-6(5)13(7)8/h1-4,9H,(H,10,11)(H,12,14). The lowest BCUT2D eigenvalue weighted by Gasteiger charge is -2.19. The van der Waals surface area contributed by atoms with E-state index in [1.807, 2.05) is 24.3 Å². The van der Waals surface area contributed by atoms with Crippen LogP contribution in [0.2, 0.25) is 0 Å². The SMILES string of the molecule is O=c1[nH]nc2n1-c1ccccc1NN2. The molecule has 70 valence electrons. The summed E-state index contributed by atoms with van der Waals surface area (Å²) in [5, 5.41) is 6.18. The van der Waals surface area contributed by atoms with Gasteiger partial charge in [0.05, 0.1) is 11.4 Å². The van der Waals surface area contributed by atoms with Gasteiger partial charge in [0.1, 0.15) is 0 Å². The normalized spacial score (nSPS) is 12.3. The van der Waals surface area contributed by atoms with E-state index in [-0.39, 0.29) is 5.69 Å². The molecule has 14 heavy (non-hydrogen) atoms. The summed E-state index contributed by atoms with van der Waals surface area (Å²) in [6.45, 7) is 0. The van der Waals surface area contributed by atoms with Crippen molar-refractivity contribution in [2.24, 2.45) is 0 Å². The van der Waals surface area contributed by atoms with Crippen LogP contribution in [-0.4, -0.2) is 14.8 Å². The van der Waals surface area contributed by atoms with E-state index in [0.717, 1.165) is 11.4 Å². The Kier molecular flexibility index (Phi) is 1.22. The monoisotopic (exact) mass is 189 g/mol. The Balaban J connectivity index is 2.38. The van der Waals surface area contributed by atoms with Gasteiger partial charge in [-0.15, -0.1) is 5.10 Å². The maximum atomic E-state index is 11.4. The minimum atomic E-state index is -0.249. The van der Waals surface area contributed by atoms with Crippen molar-refractivity contribution in [3.63, 3.8) is 0 Å². The van der Waals surface area contributed by atoms with E-state index < -0.39 is 0 Å². The Morgan fingerprint density at radius 2 is 2.07 bits per heavy atom. The molecule has 6 nitrogen and oxygen atoms in total. The highest BCUT2D eigenvalue weighted by atomic mass is 16.2. The summed E-state index contributed by atoms with van der Waals surface area (Å²) in [5.41, 5.74) is 7.14. The number of nitrogens with zero attached hydrogens (tertiary/aromatic N) is 2. The molecule has 1 aliphatic rings. The number of hydrogen-bond acceptors (Lipinski definition) is 4. The van der Waals surface area contributed by atoms with Gasteiger partial charge >= 0.3 is 5.69 Å². The number of nitrogens with one attached hydrogen (secondary N) is 3. The van der Waals surface area contributed by atoms with Crippen LogP contribution < -0.4 is 16.5 Å². The largest absolute Gasteiger partial charge is 0.349 e. The number of aromatic amines is 1. The first-order valence-corrected chi connectivity index (χ1v) is 4.15. The summed E-state index contributed by atoms with van der Waals surface area (Å²) >= 11 is 0. The lowest BCUT2D eigenvalue weighted by atomic mass is 10.2. The minimum absolute atomic E-state index is 0.249. The zero-order valence-corrected chi connectivity index (χ0v) is 7.11. The molecule has 1 aromatic heterocycles. The summed E-state index contributed by atoms with van der Waals surface area (Å²) in [6, 6.07) is 7.49. The molecular formula is C8H7N5O. The molecule has 1 aliphatic heterocycles. The average molecular weight is 189 g/mol. The zero-order chi connectivity index (χ0) is 9.54. The third-order valence-corrected chi connectivity index (χ3v) is 2.13. The van der Waals surface area contributed by atoms with E-state index in [2.05, 4.69) is 21.0 Å². The second kappa shape index (κ2) is 2.38. The fraction of sp³-hybridized carbons (Fsp3) is 0. The van der Waals surface area contributed by atoms with Crippen molar-refractivity contribution in [2.75, 3.05) is 10.9 Å². The van der Waals surface area contributed by atoms with Crippen LogP contribution in [0.4, 0.5) is 11.6 Å². The number of benzene rings is 1. The Hall–Kier alpha value is -2.24. The van der Waals surface area contributed by atoms with E-state index in [9.17, 15) is 4.79 Å². The highest BCUT2D eigenvalue weighted by Crippen LogP contribution is 2.24. The average Bonchev–Trinajstić information content (AvgIpc) is 2.61. The van der Waals surface area contributed by atoms with E-state index in [1.165, 1.54) is 4.57 Å². The Labute approximate surface area is 78.5 Å². The van der Waals surface area contributed by atoms with Crippen LogP contribution in [0, 0.1) is 0 Å². The molecule has 0 saturated carbocycles. The summed E-state index contributed by atoms with van der Waals surface area (Å²) < 4.78 is 1.48. The highest BCUT2D eigenvalue weighted by Gasteiger charge is 2.17. The van der Waals surface area contributed by atoms with Crippen LogP contribution in [0.15, 0.2) is 29.1 Å². The molecule has 0 spiro atoms. The fourth-order valence-corrected chi connectivity index (χ4v) is 1.50. The van der Waals surface area contributed by atoms with Gasteiger partial charge in [-0.05, 0) is 12.1 Å². The Morgan fingerprint density at radius 1 is 1.21 bits per heavy atom. The molecule has 0 saturated heterocycles. The maximum Gasteiger partial charge on any atom is 0.349 e. The lowest BCUT2D eigenvalue weighted by molar-refractivity contribution is 0.969. The smallest absolute Gasteiger partial charge is 0.296 e. The third kappa shape index (κ3) is 0.792. The van der Waals surface area contributed by atoms with Gasteiger partial charge in [0, 0.05) is 0 Å². The molecule has 0 aliphatic carbocycles. The number of hydrazine groups is 1. The topological polar surface area (TPSA) is 74.7 Å². The second-order valence-corrected chi connectivity index (χ2v) is 2.95. The number of anilines is 2. The van der Waals surface area contributed by atoms with Gasteiger partial charge in [-0.1, -0.05) is 12.1 Å². The van der Waals surface area contributed by atoms with Crippen molar-refractivity contribution < 1.29 is 0 Å². The predicted molar refractivity (Wildman–Crippen MR) is 51.4 cm³/mol. The first-order chi connectivity index (χ1) is 6.86. The summed E-state index contributed by atoms with van der Waals surface area (Å²) in [5.74, 6) is 0.466. The molecule has 0 amide bonds. The van der Waals surface area contributed by atoms with Gasteiger partial charge in [0.2, 0.25) is 5.95 Å². The molecule has 0 radical (unpaired) electrons. The van der Waals surface area contributed by atoms with Crippen LogP contribution in [0.1, 0.15) is 0 Å². The molecule has 6 heteroatoms. The maximum absolute atomic E-state index is 11.4. The van der Waals surface area contributed by atoms with Crippen molar-refractivity contribution >= 4 is 11.6 Å². The van der Waals surface area contributed by atoms with E-state index in [4.69, 9.17) is 0 Å². The number of para-hydroxylation sites is 2. The molecule has 3 N–H and O–H groups in total. The summed E-state index contributed by atoms with van der Waals surface area (Å²) in [7, 11) is 0. The van der Waals surface area contributed by atoms with E-state index >= 15 is 0 Å². The molecule has 0 bridgehead atoms. The van der Waals surface area contributed by atoms with Gasteiger partial charge in [0.15, 0.2) is 0 Å². The molecular weight excluding hydrogens is 182 g/mol. The number of rotatable bonds is 0. The van der Waals surface area contributed by atoms with Crippen molar-refractivity contribution in [3.05, 3.63) is 34.7 Å². The van der Waals surface area contributed by atoms with E-state index in [1.54, 1.807) is 0 Å². The molecule has 2 heterocycles. The Morgan fingerprint density at radius 3 is 3.00 bits per heavy atom. The molecule has 2 aromatic rings. The summed E-state index contributed by atoms with van der Waals surface area (Å²) in [6.07, 6.45) is 0. The van der Waals surface area contributed by atoms with Gasteiger partial charge in [-0.25, -0.2) is 14.5 Å². The zero-order valence-electron chi connectivity index (χ0n) is 7.11. The number of fused-ring (bicyclic) bond motifs is 3. The lowest BCUT2D eigenvalue weighted by Crippen LogP contribution is -2.25.